The number of rotatable bonds is 18. The number of nitrogens with zero attached hydrogens (tertiary/aromatic N) is 2. The summed E-state index contributed by atoms with van der Waals surface area (Å²) in [6.07, 6.45) is 8.02. The first-order valence-electron chi connectivity index (χ1n) is 18.7. The number of unbranched alkanes of at least 4 members (excludes halogenated alkanes) is 6. The molecule has 0 aliphatic carbocycles. The second-order valence-corrected chi connectivity index (χ2v) is 15.0. The Labute approximate surface area is 313 Å². The summed E-state index contributed by atoms with van der Waals surface area (Å²) in [5.74, 6) is 1.10. The summed E-state index contributed by atoms with van der Waals surface area (Å²) in [7, 11) is 0. The number of carboxylic acid groups (broad SMARTS) is 1. The zero-order valence-corrected chi connectivity index (χ0v) is 31.3. The standard InChI is InChI=1S/C41H51BrN4O6/c42-38-32(40(29-12-7-6-8-13-29)46(41(50)51)33-27-45-23-20-28(33)21-24-45)14-11-15-36(38)52-25-10-5-3-1-2-4-9-22-43-26-35(48)30-16-18-34(47)39-31(30)17-19-37(49)44-39/h6-8,11-19,28,33,35,40,43,47-48H,1-5,9-10,20-27H2,(H,44,49)(H,50,51)/t33?,35-,40+/m0/s1. The van der Waals surface area contributed by atoms with Crippen LogP contribution in [0.4, 0.5) is 4.79 Å². The number of aromatic nitrogens is 1. The molecule has 11 heteroatoms. The summed E-state index contributed by atoms with van der Waals surface area (Å²) in [5, 5.41) is 35.4. The summed E-state index contributed by atoms with van der Waals surface area (Å²) in [6, 6.07) is 21.6. The Balaban J connectivity index is 0.924. The van der Waals surface area contributed by atoms with Crippen LogP contribution in [0.5, 0.6) is 11.5 Å². The van der Waals surface area contributed by atoms with E-state index in [1.54, 1.807) is 17.0 Å². The predicted molar refractivity (Wildman–Crippen MR) is 207 cm³/mol. The molecule has 3 fully saturated rings. The summed E-state index contributed by atoms with van der Waals surface area (Å²) >= 11 is 3.83. The molecule has 2 bridgehead atoms. The van der Waals surface area contributed by atoms with Crippen molar-refractivity contribution in [2.45, 2.75) is 76.0 Å². The molecule has 4 aromatic rings. The van der Waals surface area contributed by atoms with Crippen LogP contribution in [-0.4, -0.2) is 81.6 Å². The molecule has 7 rings (SSSR count). The molecule has 52 heavy (non-hydrogen) atoms. The number of carbonyl (C=O) groups is 1. The second-order valence-electron chi connectivity index (χ2n) is 14.2. The van der Waals surface area contributed by atoms with Crippen molar-refractivity contribution in [3.05, 3.63) is 104 Å². The fourth-order valence-electron chi connectivity index (χ4n) is 7.98. The van der Waals surface area contributed by atoms with E-state index in [9.17, 15) is 24.9 Å². The van der Waals surface area contributed by atoms with Crippen LogP contribution >= 0.6 is 15.9 Å². The van der Waals surface area contributed by atoms with Crippen molar-refractivity contribution in [2.75, 3.05) is 39.3 Å². The first kappa shape index (κ1) is 37.8. The molecule has 1 unspecified atom stereocenters. The first-order valence-corrected chi connectivity index (χ1v) is 19.5. The Kier molecular flexibility index (Phi) is 13.3. The van der Waals surface area contributed by atoms with Gasteiger partial charge in [-0.2, -0.15) is 0 Å². The van der Waals surface area contributed by atoms with Crippen molar-refractivity contribution in [2.24, 2.45) is 5.92 Å². The van der Waals surface area contributed by atoms with E-state index < -0.39 is 18.2 Å². The smallest absolute Gasteiger partial charge is 0.408 e. The van der Waals surface area contributed by atoms with Gasteiger partial charge in [-0.05, 0) is 102 Å². The van der Waals surface area contributed by atoms with Crippen LogP contribution in [0.25, 0.3) is 10.9 Å². The number of aliphatic hydroxyl groups excluding tert-OH is 1. The third-order valence-corrected chi connectivity index (χ3v) is 11.6. The molecule has 278 valence electrons. The predicted octanol–water partition coefficient (Wildman–Crippen LogP) is 7.59. The van der Waals surface area contributed by atoms with Crippen LogP contribution in [0.15, 0.2) is 82.1 Å². The van der Waals surface area contributed by atoms with E-state index in [1.165, 1.54) is 12.1 Å². The Morgan fingerprint density at radius 1 is 0.923 bits per heavy atom. The van der Waals surface area contributed by atoms with Crippen LogP contribution in [-0.2, 0) is 0 Å². The lowest BCUT2D eigenvalue weighted by molar-refractivity contribution is -0.000908. The van der Waals surface area contributed by atoms with E-state index >= 15 is 0 Å². The van der Waals surface area contributed by atoms with Gasteiger partial charge in [0, 0.05) is 24.5 Å². The minimum atomic E-state index is -0.888. The number of hydrogen-bond acceptors (Lipinski definition) is 7. The monoisotopic (exact) mass is 774 g/mol. The van der Waals surface area contributed by atoms with Crippen LogP contribution < -0.4 is 15.6 Å². The van der Waals surface area contributed by atoms with Gasteiger partial charge in [0.05, 0.1) is 34.8 Å². The molecule has 1 amide bonds. The lowest BCUT2D eigenvalue weighted by Crippen LogP contribution is -2.59. The van der Waals surface area contributed by atoms with Gasteiger partial charge < -0.3 is 35.3 Å². The number of phenolic OH excluding ortho intramolecular Hbond substituents is 1. The lowest BCUT2D eigenvalue weighted by Gasteiger charge is -2.50. The third-order valence-electron chi connectivity index (χ3n) is 10.7. The van der Waals surface area contributed by atoms with Crippen LogP contribution in [0, 0.1) is 5.92 Å². The summed E-state index contributed by atoms with van der Waals surface area (Å²) < 4.78 is 7.09. The number of H-pyrrole nitrogens is 1. The highest BCUT2D eigenvalue weighted by Crippen LogP contribution is 2.42. The Morgan fingerprint density at radius 2 is 1.65 bits per heavy atom. The van der Waals surface area contributed by atoms with Crippen molar-refractivity contribution in [1.29, 1.82) is 0 Å². The van der Waals surface area contributed by atoms with E-state index in [1.807, 2.05) is 48.5 Å². The molecule has 5 N–H and O–H groups in total. The highest BCUT2D eigenvalue weighted by Gasteiger charge is 2.43. The maximum Gasteiger partial charge on any atom is 0.408 e. The lowest BCUT2D eigenvalue weighted by atomic mass is 9.81. The van der Waals surface area contributed by atoms with Crippen molar-refractivity contribution >= 4 is 32.9 Å². The normalized spacial score (nSPS) is 19.4. The highest BCUT2D eigenvalue weighted by molar-refractivity contribution is 9.10. The van der Waals surface area contributed by atoms with Gasteiger partial charge in [-0.3, -0.25) is 9.69 Å². The zero-order valence-electron chi connectivity index (χ0n) is 29.7. The number of amides is 1. The van der Waals surface area contributed by atoms with E-state index in [2.05, 4.69) is 31.1 Å². The first-order chi connectivity index (χ1) is 25.3. The topological polar surface area (TPSA) is 138 Å². The van der Waals surface area contributed by atoms with E-state index in [4.69, 9.17) is 4.74 Å². The van der Waals surface area contributed by atoms with E-state index in [0.29, 0.717) is 35.5 Å². The number of pyridine rings is 1. The minimum Gasteiger partial charge on any atom is -0.506 e. The molecule has 3 aromatic carbocycles. The number of aromatic amines is 1. The molecular weight excluding hydrogens is 724 g/mol. The zero-order chi connectivity index (χ0) is 36.5. The van der Waals surface area contributed by atoms with Crippen LogP contribution in [0.3, 0.4) is 0 Å². The number of ether oxygens (including phenoxy) is 1. The average molecular weight is 776 g/mol. The molecule has 10 nitrogen and oxygen atoms in total. The largest absolute Gasteiger partial charge is 0.506 e. The molecule has 0 radical (unpaired) electrons. The van der Waals surface area contributed by atoms with E-state index in [-0.39, 0.29) is 17.4 Å². The molecule has 0 spiro atoms. The fourth-order valence-corrected chi connectivity index (χ4v) is 8.58. The van der Waals surface area contributed by atoms with Gasteiger partial charge in [0.1, 0.15) is 11.5 Å². The number of benzene rings is 3. The van der Waals surface area contributed by atoms with E-state index in [0.717, 1.165) is 105 Å². The van der Waals surface area contributed by atoms with Crippen LogP contribution in [0.1, 0.15) is 86.6 Å². The van der Waals surface area contributed by atoms with Gasteiger partial charge in [-0.15, -0.1) is 0 Å². The van der Waals surface area contributed by atoms with Crippen molar-refractivity contribution in [3.63, 3.8) is 0 Å². The molecule has 4 heterocycles. The molecule has 3 saturated heterocycles. The fraction of sp³-hybridized carbons (Fsp3) is 0.463. The number of nitrogens with one attached hydrogen (secondary N) is 2. The molecule has 1 aromatic heterocycles. The summed E-state index contributed by atoms with van der Waals surface area (Å²) in [4.78, 5) is 31.4. The maximum absolute atomic E-state index is 13.0. The molecule has 3 aliphatic rings. The quantitative estimate of drug-likeness (QED) is 0.0653. The van der Waals surface area contributed by atoms with Crippen molar-refractivity contribution < 1.29 is 24.9 Å². The molecule has 3 atom stereocenters. The maximum atomic E-state index is 13.0. The number of aromatic hydroxyl groups is 1. The number of fused-ring (bicyclic) bond motifs is 4. The SMILES string of the molecule is O=C(O)N(C1CN2CCC1CC2)[C@H](c1ccccc1)c1cccc(OCCCCCCCCCNC[C@H](O)c2ccc(O)c3[nH]c(=O)ccc23)c1Br. The molecule has 3 aliphatic heterocycles. The number of hydrogen-bond donors (Lipinski definition) is 5. The minimum absolute atomic E-state index is 0.0137. The highest BCUT2D eigenvalue weighted by atomic mass is 79.9. The summed E-state index contributed by atoms with van der Waals surface area (Å²) in [5.41, 5.74) is 2.57. The van der Waals surface area contributed by atoms with Crippen LogP contribution in [0.2, 0.25) is 0 Å². The van der Waals surface area contributed by atoms with Gasteiger partial charge in [0.25, 0.3) is 0 Å². The Hall–Kier alpha value is -3.90. The van der Waals surface area contributed by atoms with Gasteiger partial charge in [0.2, 0.25) is 5.56 Å². The second kappa shape index (κ2) is 18.2. The Bertz CT molecular complexity index is 1830. The molecule has 0 saturated carbocycles. The van der Waals surface area contributed by atoms with Crippen molar-refractivity contribution in [3.8, 4) is 11.5 Å². The number of halogens is 1. The van der Waals surface area contributed by atoms with Gasteiger partial charge in [-0.1, -0.05) is 80.6 Å². The average Bonchev–Trinajstić information content (AvgIpc) is 3.16. The van der Waals surface area contributed by atoms with Gasteiger partial charge in [-0.25, -0.2) is 4.79 Å². The van der Waals surface area contributed by atoms with Crippen molar-refractivity contribution in [1.82, 2.24) is 20.1 Å². The van der Waals surface area contributed by atoms with Gasteiger partial charge in [0.15, 0.2) is 0 Å². The summed E-state index contributed by atoms with van der Waals surface area (Å²) in [6.45, 7) is 4.67. The third kappa shape index (κ3) is 9.17. The van der Waals surface area contributed by atoms with Gasteiger partial charge >= 0.3 is 6.09 Å². The number of piperidine rings is 3. The number of aliphatic hydroxyl groups is 1. The Morgan fingerprint density at radius 3 is 2.37 bits per heavy atom. The molecular formula is C41H51BrN4O6. The number of phenols is 1.